The highest BCUT2D eigenvalue weighted by Gasteiger charge is 2.28. The number of hydrogen-bond acceptors (Lipinski definition) is 4. The van der Waals surface area contributed by atoms with Gasteiger partial charge in [0.2, 0.25) is 0 Å². The number of methoxy groups -OCH3 is 1. The average Bonchev–Trinajstić information content (AvgIpc) is 3.05. The van der Waals surface area contributed by atoms with Gasteiger partial charge in [-0.05, 0) is 55.7 Å². The molecule has 1 N–H and O–H groups in total. The van der Waals surface area contributed by atoms with E-state index < -0.39 is 11.1 Å². The van der Waals surface area contributed by atoms with Crippen LogP contribution in [0.3, 0.4) is 0 Å². The molecular weight excluding hydrogens is 394 g/mol. The number of aryl methyl sites for hydroxylation is 1. The number of nitrogens with one attached hydrogen (secondary N) is 1. The number of carbonyl (C=O) groups excluding carboxylic acids is 1. The Hall–Kier alpha value is -3.35. The lowest BCUT2D eigenvalue weighted by atomic mass is 9.99. The molecule has 1 atom stereocenters. The van der Waals surface area contributed by atoms with Gasteiger partial charge in [-0.25, -0.2) is 0 Å². The third-order valence-electron chi connectivity index (χ3n) is 6.05. The number of amides is 1. The van der Waals surface area contributed by atoms with Gasteiger partial charge in [-0.2, -0.15) is 0 Å². The predicted octanol–water partition coefficient (Wildman–Crippen LogP) is 3.48. The van der Waals surface area contributed by atoms with Crippen molar-refractivity contribution in [1.82, 2.24) is 14.5 Å². The molecule has 2 aromatic carbocycles. The Morgan fingerprint density at radius 2 is 1.87 bits per heavy atom. The molecule has 1 aliphatic rings. The Bertz CT molecular complexity index is 1210. The second kappa shape index (κ2) is 8.79. The number of aromatic amines is 1. The SMILES string of the molecule is CCn1c(=O)c(=O)[nH]c2cc(C(=O)N3CCCCC[C@H]3c3ccc(OC)cc3)ccc21. The molecule has 31 heavy (non-hydrogen) atoms. The normalized spacial score (nSPS) is 16.8. The van der Waals surface area contributed by atoms with Crippen LogP contribution >= 0.6 is 0 Å². The summed E-state index contributed by atoms with van der Waals surface area (Å²) in [6.45, 7) is 2.88. The maximum absolute atomic E-state index is 13.6. The molecule has 162 valence electrons. The van der Waals surface area contributed by atoms with Crippen LogP contribution in [0, 0.1) is 0 Å². The number of aromatic nitrogens is 2. The Morgan fingerprint density at radius 3 is 2.58 bits per heavy atom. The number of hydrogen-bond donors (Lipinski definition) is 1. The number of carbonyl (C=O) groups is 1. The topological polar surface area (TPSA) is 84.4 Å². The van der Waals surface area contributed by atoms with Crippen molar-refractivity contribution in [3.63, 3.8) is 0 Å². The van der Waals surface area contributed by atoms with Crippen LogP contribution in [0.4, 0.5) is 0 Å². The number of rotatable bonds is 4. The highest BCUT2D eigenvalue weighted by atomic mass is 16.5. The third-order valence-corrected chi connectivity index (χ3v) is 6.05. The van der Waals surface area contributed by atoms with Gasteiger partial charge in [0.1, 0.15) is 5.75 Å². The minimum atomic E-state index is -0.676. The Balaban J connectivity index is 1.73. The zero-order valence-corrected chi connectivity index (χ0v) is 17.9. The maximum Gasteiger partial charge on any atom is 0.316 e. The molecule has 7 heteroatoms. The molecule has 1 amide bonds. The molecule has 3 aromatic rings. The summed E-state index contributed by atoms with van der Waals surface area (Å²) < 4.78 is 6.69. The number of likely N-dealkylation sites (tertiary alicyclic amines) is 1. The molecule has 0 spiro atoms. The van der Waals surface area contributed by atoms with Crippen molar-refractivity contribution in [2.45, 2.75) is 45.2 Å². The number of fused-ring (bicyclic) bond motifs is 1. The van der Waals surface area contributed by atoms with Gasteiger partial charge in [0.05, 0.1) is 24.2 Å². The summed E-state index contributed by atoms with van der Waals surface area (Å²) in [5.41, 5.74) is 1.44. The Kier molecular flexibility index (Phi) is 5.93. The summed E-state index contributed by atoms with van der Waals surface area (Å²) >= 11 is 0. The van der Waals surface area contributed by atoms with Crippen LogP contribution in [0.1, 0.15) is 54.6 Å². The molecule has 0 bridgehead atoms. The predicted molar refractivity (Wildman–Crippen MR) is 120 cm³/mol. The second-order valence-corrected chi connectivity index (χ2v) is 7.87. The van der Waals surface area contributed by atoms with Crippen LogP contribution in [0.2, 0.25) is 0 Å². The van der Waals surface area contributed by atoms with Crippen molar-refractivity contribution in [1.29, 1.82) is 0 Å². The van der Waals surface area contributed by atoms with E-state index >= 15 is 0 Å². The van der Waals surface area contributed by atoms with Crippen molar-refractivity contribution >= 4 is 16.9 Å². The van der Waals surface area contributed by atoms with Gasteiger partial charge in [-0.15, -0.1) is 0 Å². The van der Waals surface area contributed by atoms with E-state index in [2.05, 4.69) is 4.98 Å². The first kappa shape index (κ1) is 20.9. The van der Waals surface area contributed by atoms with Crippen molar-refractivity contribution in [3.8, 4) is 5.75 Å². The summed E-state index contributed by atoms with van der Waals surface area (Å²) in [5.74, 6) is 0.718. The van der Waals surface area contributed by atoms with Crippen LogP contribution in [0.5, 0.6) is 5.75 Å². The minimum Gasteiger partial charge on any atom is -0.497 e. The van der Waals surface area contributed by atoms with Crippen molar-refractivity contribution in [3.05, 3.63) is 74.3 Å². The summed E-state index contributed by atoms with van der Waals surface area (Å²) in [7, 11) is 1.64. The zero-order chi connectivity index (χ0) is 22.0. The van der Waals surface area contributed by atoms with Crippen molar-refractivity contribution < 1.29 is 9.53 Å². The number of H-pyrrole nitrogens is 1. The summed E-state index contributed by atoms with van der Waals surface area (Å²) in [5, 5.41) is 0. The van der Waals surface area contributed by atoms with E-state index in [1.807, 2.05) is 36.1 Å². The quantitative estimate of drug-likeness (QED) is 0.654. The standard InChI is InChI=1S/C24H27N3O4/c1-3-26-21-13-10-17(15-19(21)25-22(28)24(26)30)23(29)27-14-6-4-5-7-20(27)16-8-11-18(31-2)12-9-16/h8-13,15,20H,3-7,14H2,1-2H3,(H,25,28)/t20-/m0/s1. The van der Waals surface area contributed by atoms with E-state index in [9.17, 15) is 14.4 Å². The van der Waals surface area contributed by atoms with Gasteiger partial charge >= 0.3 is 11.1 Å². The Labute approximate surface area is 180 Å². The van der Waals surface area contributed by atoms with Crippen LogP contribution in [0.25, 0.3) is 11.0 Å². The minimum absolute atomic E-state index is 0.0137. The first-order chi connectivity index (χ1) is 15.0. The molecule has 1 saturated heterocycles. The number of benzene rings is 2. The third kappa shape index (κ3) is 4.00. The molecule has 1 aliphatic heterocycles. The zero-order valence-electron chi connectivity index (χ0n) is 17.9. The average molecular weight is 421 g/mol. The summed E-state index contributed by atoms with van der Waals surface area (Å²) in [6, 6.07) is 13.0. The lowest BCUT2D eigenvalue weighted by Gasteiger charge is -2.31. The molecular formula is C24H27N3O4. The van der Waals surface area contributed by atoms with E-state index in [-0.39, 0.29) is 11.9 Å². The summed E-state index contributed by atoms with van der Waals surface area (Å²) in [6.07, 6.45) is 4.01. The lowest BCUT2D eigenvalue weighted by molar-refractivity contribution is 0.0681. The molecule has 2 heterocycles. The monoisotopic (exact) mass is 421 g/mol. The highest BCUT2D eigenvalue weighted by Crippen LogP contribution is 2.32. The maximum atomic E-state index is 13.6. The molecule has 0 aliphatic carbocycles. The van der Waals surface area contributed by atoms with Gasteiger partial charge in [-0.3, -0.25) is 14.4 Å². The van der Waals surface area contributed by atoms with E-state index in [1.54, 1.807) is 25.3 Å². The molecule has 1 fully saturated rings. The summed E-state index contributed by atoms with van der Waals surface area (Å²) in [4.78, 5) is 42.2. The smallest absolute Gasteiger partial charge is 0.316 e. The molecule has 1 aromatic heterocycles. The second-order valence-electron chi connectivity index (χ2n) is 7.87. The van der Waals surface area contributed by atoms with E-state index in [1.165, 1.54) is 4.57 Å². The largest absolute Gasteiger partial charge is 0.497 e. The number of ether oxygens (including phenoxy) is 1. The first-order valence-corrected chi connectivity index (χ1v) is 10.7. The highest BCUT2D eigenvalue weighted by molar-refractivity contribution is 5.97. The van der Waals surface area contributed by atoms with E-state index in [4.69, 9.17) is 4.74 Å². The van der Waals surface area contributed by atoms with Gasteiger partial charge in [-0.1, -0.05) is 25.0 Å². The molecule has 4 rings (SSSR count). The van der Waals surface area contributed by atoms with Crippen molar-refractivity contribution in [2.24, 2.45) is 0 Å². The molecule has 0 saturated carbocycles. The van der Waals surface area contributed by atoms with Crippen LogP contribution in [-0.4, -0.2) is 34.0 Å². The molecule has 7 nitrogen and oxygen atoms in total. The van der Waals surface area contributed by atoms with Gasteiger partial charge < -0.3 is 19.2 Å². The van der Waals surface area contributed by atoms with Crippen LogP contribution in [0.15, 0.2) is 52.1 Å². The van der Waals surface area contributed by atoms with E-state index in [0.29, 0.717) is 29.7 Å². The van der Waals surface area contributed by atoms with Crippen LogP contribution in [-0.2, 0) is 6.54 Å². The van der Waals surface area contributed by atoms with Crippen LogP contribution < -0.4 is 15.9 Å². The van der Waals surface area contributed by atoms with E-state index in [0.717, 1.165) is 37.0 Å². The first-order valence-electron chi connectivity index (χ1n) is 10.7. The Morgan fingerprint density at radius 1 is 1.10 bits per heavy atom. The molecule has 0 radical (unpaired) electrons. The fourth-order valence-electron chi connectivity index (χ4n) is 4.42. The number of nitrogens with zero attached hydrogens (tertiary/aromatic N) is 2. The fourth-order valence-corrected chi connectivity index (χ4v) is 4.42. The van der Waals surface area contributed by atoms with Gasteiger partial charge in [0, 0.05) is 18.7 Å². The molecule has 0 unspecified atom stereocenters. The van der Waals surface area contributed by atoms with Crippen molar-refractivity contribution in [2.75, 3.05) is 13.7 Å². The fraction of sp³-hybridized carbons (Fsp3) is 0.375. The lowest BCUT2D eigenvalue weighted by Crippen LogP contribution is -2.36. The van der Waals surface area contributed by atoms with Gasteiger partial charge in [0.15, 0.2) is 0 Å². The van der Waals surface area contributed by atoms with Gasteiger partial charge in [0.25, 0.3) is 5.91 Å².